The van der Waals surface area contributed by atoms with E-state index < -0.39 is 66.8 Å². The third-order valence-electron chi connectivity index (χ3n) is 5.39. The van der Waals surface area contributed by atoms with E-state index in [1.165, 1.54) is 0 Å². The van der Waals surface area contributed by atoms with Gasteiger partial charge in [-0.2, -0.15) is 0 Å². The molecule has 37 heavy (non-hydrogen) atoms. The van der Waals surface area contributed by atoms with Crippen molar-refractivity contribution in [1.82, 2.24) is 16.0 Å². The van der Waals surface area contributed by atoms with Crippen LogP contribution in [0.4, 0.5) is 0 Å². The molecule has 0 heterocycles. The van der Waals surface area contributed by atoms with Crippen molar-refractivity contribution in [2.24, 2.45) is 11.5 Å². The molecule has 12 nitrogen and oxygen atoms in total. The first-order chi connectivity index (χ1) is 17.6. The number of carbonyl (C=O) groups is 5. The molecule has 9 N–H and O–H groups in total. The number of benzene rings is 2. The van der Waals surface area contributed by atoms with Crippen LogP contribution in [0.1, 0.15) is 17.5 Å². The quantitative estimate of drug-likeness (QED) is 0.153. The molecule has 0 fully saturated rings. The van der Waals surface area contributed by atoms with Gasteiger partial charge in [0.1, 0.15) is 18.1 Å². The van der Waals surface area contributed by atoms with E-state index in [-0.39, 0.29) is 12.8 Å². The fraction of sp³-hybridized carbons (Fsp3) is 0.320. The number of carboxylic acids is 1. The molecule has 0 aliphatic carbocycles. The minimum Gasteiger partial charge on any atom is -0.480 e. The topological polar surface area (TPSA) is 214 Å². The Morgan fingerprint density at radius 1 is 0.703 bits per heavy atom. The first-order valence-corrected chi connectivity index (χ1v) is 11.5. The molecular weight excluding hydrogens is 482 g/mol. The molecule has 0 aliphatic heterocycles. The summed E-state index contributed by atoms with van der Waals surface area (Å²) < 4.78 is 0. The number of amides is 4. The van der Waals surface area contributed by atoms with Gasteiger partial charge in [0.15, 0.2) is 0 Å². The summed E-state index contributed by atoms with van der Waals surface area (Å²) >= 11 is 0. The summed E-state index contributed by atoms with van der Waals surface area (Å²) in [6.07, 6.45) is -0.495. The first kappa shape index (κ1) is 28.9. The van der Waals surface area contributed by atoms with Crippen molar-refractivity contribution in [3.63, 3.8) is 0 Å². The second-order valence-corrected chi connectivity index (χ2v) is 8.36. The maximum Gasteiger partial charge on any atom is 0.326 e. The number of nitrogens with two attached hydrogens (primary N) is 2. The third kappa shape index (κ3) is 9.70. The van der Waals surface area contributed by atoms with Crippen LogP contribution in [0.15, 0.2) is 60.7 Å². The number of carbonyl (C=O) groups excluding carboxylic acids is 4. The standard InChI is InChI=1S/C25H31N5O7/c26-17(11-15-7-3-1-4-8-15)22(33)30-20(14-31)24(35)28-18(12-16-9-5-2-6-10-16)23(34)29-19(25(36)37)13-21(27)32/h1-10,17-20,31H,11-14,26H2,(H2,27,32)(H,28,35)(H,29,34)(H,30,33)(H,36,37). The van der Waals surface area contributed by atoms with Crippen LogP contribution in [0.5, 0.6) is 0 Å². The van der Waals surface area contributed by atoms with Crippen molar-refractivity contribution in [3.05, 3.63) is 71.8 Å². The number of aliphatic hydroxyl groups is 1. The number of aliphatic carboxylic acids is 1. The van der Waals surface area contributed by atoms with Gasteiger partial charge in [-0.3, -0.25) is 19.2 Å². The number of rotatable bonds is 14. The number of carboxylic acid groups (broad SMARTS) is 1. The van der Waals surface area contributed by atoms with Gasteiger partial charge in [-0.15, -0.1) is 0 Å². The molecule has 0 saturated heterocycles. The van der Waals surface area contributed by atoms with E-state index in [1.54, 1.807) is 54.6 Å². The molecule has 0 aliphatic rings. The van der Waals surface area contributed by atoms with E-state index in [9.17, 15) is 34.2 Å². The monoisotopic (exact) mass is 513 g/mol. The summed E-state index contributed by atoms with van der Waals surface area (Å²) in [5, 5.41) is 26.0. The Bertz CT molecular complexity index is 1080. The maximum absolute atomic E-state index is 12.9. The van der Waals surface area contributed by atoms with Crippen molar-refractivity contribution in [3.8, 4) is 0 Å². The fourth-order valence-corrected chi connectivity index (χ4v) is 3.44. The highest BCUT2D eigenvalue weighted by atomic mass is 16.4. The van der Waals surface area contributed by atoms with Gasteiger partial charge >= 0.3 is 5.97 Å². The van der Waals surface area contributed by atoms with Gasteiger partial charge in [0.2, 0.25) is 23.6 Å². The summed E-state index contributed by atoms with van der Waals surface area (Å²) in [4.78, 5) is 61.0. The van der Waals surface area contributed by atoms with Crippen LogP contribution in [0, 0.1) is 0 Å². The van der Waals surface area contributed by atoms with Crippen LogP contribution in [0.2, 0.25) is 0 Å². The molecular formula is C25H31N5O7. The van der Waals surface area contributed by atoms with E-state index in [0.717, 1.165) is 5.56 Å². The number of aliphatic hydroxyl groups excluding tert-OH is 1. The summed E-state index contributed by atoms with van der Waals surface area (Å²) in [5.74, 6) is -4.89. The Balaban J connectivity index is 2.12. The summed E-state index contributed by atoms with van der Waals surface area (Å²) in [6, 6.07) is 12.2. The molecule has 4 atom stereocenters. The van der Waals surface area contributed by atoms with E-state index in [1.807, 2.05) is 6.07 Å². The molecule has 2 aromatic rings. The highest BCUT2D eigenvalue weighted by Crippen LogP contribution is 2.06. The molecule has 0 saturated carbocycles. The van der Waals surface area contributed by atoms with Gasteiger partial charge in [-0.05, 0) is 17.5 Å². The number of nitrogens with one attached hydrogen (secondary N) is 3. The largest absolute Gasteiger partial charge is 0.480 e. The Morgan fingerprint density at radius 2 is 1.16 bits per heavy atom. The van der Waals surface area contributed by atoms with E-state index in [4.69, 9.17) is 11.5 Å². The van der Waals surface area contributed by atoms with Crippen LogP contribution in [0.25, 0.3) is 0 Å². The van der Waals surface area contributed by atoms with Gasteiger partial charge in [-0.25, -0.2) is 4.79 Å². The second kappa shape index (κ2) is 14.3. The normalized spacial score (nSPS) is 13.9. The average molecular weight is 514 g/mol. The lowest BCUT2D eigenvalue weighted by Gasteiger charge is -2.24. The Labute approximate surface area is 213 Å². The second-order valence-electron chi connectivity index (χ2n) is 8.36. The van der Waals surface area contributed by atoms with E-state index in [2.05, 4.69) is 16.0 Å². The van der Waals surface area contributed by atoms with Crippen LogP contribution in [-0.2, 0) is 36.8 Å². The molecule has 4 unspecified atom stereocenters. The van der Waals surface area contributed by atoms with E-state index in [0.29, 0.717) is 5.56 Å². The predicted molar refractivity (Wildman–Crippen MR) is 133 cm³/mol. The average Bonchev–Trinajstić information content (AvgIpc) is 2.87. The highest BCUT2D eigenvalue weighted by Gasteiger charge is 2.31. The number of hydrogen-bond donors (Lipinski definition) is 7. The molecule has 0 bridgehead atoms. The van der Waals surface area contributed by atoms with Gasteiger partial charge in [-0.1, -0.05) is 60.7 Å². The Kier molecular flexibility index (Phi) is 11.2. The minimum absolute atomic E-state index is 0.0407. The van der Waals surface area contributed by atoms with Gasteiger partial charge in [0.05, 0.1) is 19.1 Å². The molecule has 0 aromatic heterocycles. The molecule has 0 spiro atoms. The van der Waals surface area contributed by atoms with Crippen molar-refractivity contribution in [2.75, 3.05) is 6.61 Å². The SMILES string of the molecule is NC(=O)CC(NC(=O)C(Cc1ccccc1)NC(=O)C(CO)NC(=O)C(N)Cc1ccccc1)C(=O)O. The Morgan fingerprint density at radius 3 is 1.65 bits per heavy atom. The van der Waals surface area contributed by atoms with Crippen molar-refractivity contribution in [1.29, 1.82) is 0 Å². The lowest BCUT2D eigenvalue weighted by molar-refractivity contribution is -0.143. The van der Waals surface area contributed by atoms with Crippen molar-refractivity contribution in [2.45, 2.75) is 43.4 Å². The molecule has 12 heteroatoms. The van der Waals surface area contributed by atoms with Gasteiger partial charge in [0, 0.05) is 6.42 Å². The Hall–Kier alpha value is -4.29. The molecule has 0 radical (unpaired) electrons. The lowest BCUT2D eigenvalue weighted by atomic mass is 10.0. The third-order valence-corrected chi connectivity index (χ3v) is 5.39. The number of primary amides is 1. The summed E-state index contributed by atoms with van der Waals surface area (Å²) in [7, 11) is 0. The van der Waals surface area contributed by atoms with E-state index >= 15 is 0 Å². The number of hydrogen-bond acceptors (Lipinski definition) is 7. The maximum atomic E-state index is 12.9. The predicted octanol–water partition coefficient (Wildman–Crippen LogP) is -1.79. The zero-order valence-corrected chi connectivity index (χ0v) is 20.0. The minimum atomic E-state index is -1.61. The zero-order chi connectivity index (χ0) is 27.4. The van der Waals surface area contributed by atoms with Crippen LogP contribution >= 0.6 is 0 Å². The smallest absolute Gasteiger partial charge is 0.326 e. The lowest BCUT2D eigenvalue weighted by Crippen LogP contribution is -2.58. The molecule has 2 aromatic carbocycles. The van der Waals surface area contributed by atoms with Gasteiger partial charge in [0.25, 0.3) is 0 Å². The first-order valence-electron chi connectivity index (χ1n) is 11.5. The fourth-order valence-electron chi connectivity index (χ4n) is 3.44. The van der Waals surface area contributed by atoms with Crippen molar-refractivity contribution < 1.29 is 34.2 Å². The summed E-state index contributed by atoms with van der Waals surface area (Å²) in [6.45, 7) is -0.783. The summed E-state index contributed by atoms with van der Waals surface area (Å²) in [5.41, 5.74) is 12.4. The van der Waals surface area contributed by atoms with Crippen LogP contribution < -0.4 is 27.4 Å². The molecule has 2 rings (SSSR count). The molecule has 198 valence electrons. The van der Waals surface area contributed by atoms with Crippen LogP contribution in [-0.4, -0.2) is 70.6 Å². The van der Waals surface area contributed by atoms with Gasteiger partial charge < -0.3 is 37.6 Å². The molecule has 4 amide bonds. The van der Waals surface area contributed by atoms with Crippen molar-refractivity contribution >= 4 is 29.6 Å². The zero-order valence-electron chi connectivity index (χ0n) is 20.0. The highest BCUT2D eigenvalue weighted by molar-refractivity contribution is 5.95. The van der Waals surface area contributed by atoms with Crippen LogP contribution in [0.3, 0.4) is 0 Å².